The quantitative estimate of drug-likeness (QED) is 0.155. The SMILES string of the molecule is [CH3-].[CH3-].[Ti]=[Si](c1ccccc1)c1ccccc1.[c-]1cccc2c1Cc1ccccc1-2.c1ccc2[cH-]ccc2c1. The Balaban J connectivity index is 0.000000157. The molecule has 0 amide bonds. The molecule has 7 rings (SSSR count). The van der Waals surface area contributed by atoms with Crippen LogP contribution >= 0.6 is 0 Å². The Morgan fingerprint density at radius 1 is 0.605 bits per heavy atom. The van der Waals surface area contributed by atoms with Crippen LogP contribution in [-0.4, -0.2) is 6.19 Å². The van der Waals surface area contributed by atoms with Crippen LogP contribution in [0.3, 0.4) is 0 Å². The average molecular weight is 541 g/mol. The summed E-state index contributed by atoms with van der Waals surface area (Å²) in [6.45, 7) is 0. The molecule has 0 radical (unpaired) electrons. The van der Waals surface area contributed by atoms with E-state index >= 15 is 0 Å². The van der Waals surface area contributed by atoms with Gasteiger partial charge in [-0.3, -0.25) is 0 Å². The molecule has 0 saturated heterocycles. The summed E-state index contributed by atoms with van der Waals surface area (Å²) in [6, 6.07) is 54.3. The molecule has 1 aliphatic rings. The van der Waals surface area contributed by atoms with Crippen LogP contribution in [0.4, 0.5) is 0 Å². The second kappa shape index (κ2) is 14.5. The van der Waals surface area contributed by atoms with E-state index in [0.717, 1.165) is 6.42 Å². The molecule has 0 spiro atoms. The predicted molar refractivity (Wildman–Crippen MR) is 164 cm³/mol. The van der Waals surface area contributed by atoms with Crippen molar-refractivity contribution in [3.8, 4) is 11.1 Å². The van der Waals surface area contributed by atoms with Gasteiger partial charge in [-0.05, 0) is 6.42 Å². The summed E-state index contributed by atoms with van der Waals surface area (Å²) in [5.41, 5.74) is 5.51. The van der Waals surface area contributed by atoms with E-state index in [9.17, 15) is 0 Å². The molecular formula is C36H32SiTi-4. The zero-order valence-corrected chi connectivity index (χ0v) is 24.6. The van der Waals surface area contributed by atoms with Crippen LogP contribution in [0, 0.1) is 20.9 Å². The number of fused-ring (bicyclic) bond motifs is 4. The molecule has 6 aromatic rings. The van der Waals surface area contributed by atoms with E-state index in [0.29, 0.717) is 0 Å². The summed E-state index contributed by atoms with van der Waals surface area (Å²) in [5, 5.41) is 5.61. The van der Waals surface area contributed by atoms with Crippen molar-refractivity contribution in [2.45, 2.75) is 6.42 Å². The van der Waals surface area contributed by atoms with Gasteiger partial charge >= 0.3 is 96.4 Å². The molecule has 0 bridgehead atoms. The minimum absolute atomic E-state index is 0. The monoisotopic (exact) mass is 540 g/mol. The molecule has 1 aliphatic carbocycles. The zero-order valence-electron chi connectivity index (χ0n) is 22.1. The van der Waals surface area contributed by atoms with Gasteiger partial charge in [-0.15, -0.1) is 35.2 Å². The summed E-state index contributed by atoms with van der Waals surface area (Å²) in [7, 11) is 0. The number of benzene rings is 5. The third kappa shape index (κ3) is 7.14. The van der Waals surface area contributed by atoms with E-state index in [2.05, 4.69) is 165 Å². The van der Waals surface area contributed by atoms with E-state index in [-0.39, 0.29) is 14.9 Å². The van der Waals surface area contributed by atoms with Gasteiger partial charge in [-0.2, -0.15) is 47.3 Å². The molecule has 38 heavy (non-hydrogen) atoms. The molecule has 6 aromatic carbocycles. The zero-order chi connectivity index (χ0) is 24.6. The number of hydrogen-bond acceptors (Lipinski definition) is 0. The van der Waals surface area contributed by atoms with Crippen LogP contribution in [0.1, 0.15) is 11.1 Å². The molecule has 0 N–H and O–H groups in total. The third-order valence-electron chi connectivity index (χ3n) is 6.29. The van der Waals surface area contributed by atoms with E-state index in [1.807, 2.05) is 6.07 Å². The topological polar surface area (TPSA) is 0 Å². The van der Waals surface area contributed by atoms with Crippen molar-refractivity contribution in [3.05, 3.63) is 178 Å². The summed E-state index contributed by atoms with van der Waals surface area (Å²) < 4.78 is 0. The van der Waals surface area contributed by atoms with Gasteiger partial charge in [0.05, 0.1) is 0 Å². The van der Waals surface area contributed by atoms with Crippen molar-refractivity contribution in [1.82, 2.24) is 0 Å². The van der Waals surface area contributed by atoms with Gasteiger partial charge in [0.2, 0.25) is 0 Å². The molecule has 0 saturated carbocycles. The van der Waals surface area contributed by atoms with Crippen LogP contribution in [-0.2, 0) is 25.6 Å². The van der Waals surface area contributed by atoms with E-state index in [4.69, 9.17) is 0 Å². The summed E-state index contributed by atoms with van der Waals surface area (Å²) >= 11 is 2.34. The molecule has 0 unspecified atom stereocenters. The Kier molecular flexibility index (Phi) is 11.2. The minimum atomic E-state index is -0.545. The van der Waals surface area contributed by atoms with Crippen molar-refractivity contribution < 1.29 is 19.2 Å². The third-order valence-corrected chi connectivity index (χ3v) is 10.8. The Labute approximate surface area is 240 Å². The Bertz CT molecular complexity index is 1450. The second-order valence-corrected chi connectivity index (χ2v) is 12.9. The van der Waals surface area contributed by atoms with Crippen molar-refractivity contribution in [3.63, 3.8) is 0 Å². The van der Waals surface area contributed by atoms with Crippen molar-refractivity contribution in [2.24, 2.45) is 0 Å². The van der Waals surface area contributed by atoms with E-state index in [1.54, 1.807) is 0 Å². The minimum Gasteiger partial charge on any atom is -0.179 e. The molecule has 0 atom stereocenters. The fourth-order valence-corrected chi connectivity index (χ4v) is 7.39. The molecule has 0 aromatic heterocycles. The smallest absolute Gasteiger partial charge is 0.0253 e. The Morgan fingerprint density at radius 2 is 1.18 bits per heavy atom. The second-order valence-electron chi connectivity index (χ2n) is 8.66. The first kappa shape index (κ1) is 29.2. The standard InChI is InChI=1S/C13H9.C12H10Si.C9H7.2CH3.Ti/c1-3-7-12-10(5-1)9-11-6-2-4-8-13(11)12;1-3-7-11(8-4-1)13-12-9-5-2-6-10-12;1-2-5-9-7-3-6-8(9)4-1;;;/h1-5,7-8H,9H2;1-10H;1-7H;2*1H3;/q-1;;3*-1;. The predicted octanol–water partition coefficient (Wildman–Crippen LogP) is 7.86. The van der Waals surface area contributed by atoms with Crippen LogP contribution in [0.15, 0.2) is 146 Å². The summed E-state index contributed by atoms with van der Waals surface area (Å²) in [4.78, 5) is 0. The summed E-state index contributed by atoms with van der Waals surface area (Å²) in [6.07, 6.45) is 0.503. The van der Waals surface area contributed by atoms with Crippen molar-refractivity contribution in [1.29, 1.82) is 0 Å². The molecule has 188 valence electrons. The van der Waals surface area contributed by atoms with Gasteiger partial charge in [0.1, 0.15) is 0 Å². The van der Waals surface area contributed by atoms with Crippen LogP contribution in [0.2, 0.25) is 0 Å². The Morgan fingerprint density at radius 3 is 1.87 bits per heavy atom. The maximum Gasteiger partial charge on any atom is -0.0253 e. The molecule has 0 nitrogen and oxygen atoms in total. The van der Waals surface area contributed by atoms with Gasteiger partial charge in [0, 0.05) is 0 Å². The molecule has 2 heteroatoms. The van der Waals surface area contributed by atoms with Crippen molar-refractivity contribution in [2.75, 3.05) is 0 Å². The largest absolute Gasteiger partial charge is 0.179 e. The molecular weight excluding hydrogens is 508 g/mol. The Hall–Kier alpha value is -3.36. The average Bonchev–Trinajstić information content (AvgIpc) is 3.59. The normalized spacial score (nSPS) is 10.2. The van der Waals surface area contributed by atoms with Crippen molar-refractivity contribution >= 4 is 27.3 Å². The van der Waals surface area contributed by atoms with E-state index in [1.165, 1.54) is 43.4 Å². The van der Waals surface area contributed by atoms with Crippen LogP contribution in [0.5, 0.6) is 0 Å². The van der Waals surface area contributed by atoms with Gasteiger partial charge in [0.15, 0.2) is 0 Å². The van der Waals surface area contributed by atoms with E-state index < -0.39 is 6.19 Å². The molecule has 0 heterocycles. The number of hydrogen-bond donors (Lipinski definition) is 0. The number of rotatable bonds is 2. The summed E-state index contributed by atoms with van der Waals surface area (Å²) in [5.74, 6) is 0. The molecule has 0 aliphatic heterocycles. The van der Waals surface area contributed by atoms with Crippen LogP contribution < -0.4 is 10.4 Å². The fourth-order valence-electron chi connectivity index (χ4n) is 4.44. The first-order chi connectivity index (χ1) is 17.8. The van der Waals surface area contributed by atoms with Gasteiger partial charge in [0.25, 0.3) is 0 Å². The fraction of sp³-hybridized carbons (Fsp3) is 0.0278. The van der Waals surface area contributed by atoms with Crippen LogP contribution in [0.25, 0.3) is 21.9 Å². The molecule has 0 fully saturated rings. The van der Waals surface area contributed by atoms with Gasteiger partial charge in [-0.25, -0.2) is 0 Å². The van der Waals surface area contributed by atoms with Gasteiger partial charge in [-0.1, -0.05) is 41.5 Å². The first-order valence-corrected chi connectivity index (χ1v) is 16.0. The first-order valence-electron chi connectivity index (χ1n) is 12.2. The maximum atomic E-state index is 3.30. The maximum absolute atomic E-state index is 3.30. The van der Waals surface area contributed by atoms with Gasteiger partial charge < -0.3 is 14.9 Å².